The van der Waals surface area contributed by atoms with Crippen LogP contribution in [0.1, 0.15) is 48.5 Å². The number of rotatable bonds is 10. The zero-order chi connectivity index (χ0) is 24.6. The van der Waals surface area contributed by atoms with E-state index in [1.807, 2.05) is 23.9 Å². The average molecular weight is 497 g/mol. The minimum absolute atomic E-state index is 0.0638. The number of primary sulfonamides is 1. The molecule has 10 heteroatoms. The number of aryl methyl sites for hydroxylation is 1. The highest BCUT2D eigenvalue weighted by molar-refractivity contribution is 7.89. The van der Waals surface area contributed by atoms with Crippen molar-refractivity contribution in [1.29, 1.82) is 0 Å². The number of benzene rings is 1. The number of fused-ring (bicyclic) bond motifs is 1. The first-order chi connectivity index (χ1) is 16.8. The van der Waals surface area contributed by atoms with Crippen LogP contribution in [-0.2, 0) is 29.4 Å². The Morgan fingerprint density at radius 2 is 2.03 bits per heavy atom. The van der Waals surface area contributed by atoms with Gasteiger partial charge in [-0.2, -0.15) is 5.10 Å². The van der Waals surface area contributed by atoms with E-state index in [4.69, 9.17) is 15.6 Å². The summed E-state index contributed by atoms with van der Waals surface area (Å²) in [6.07, 6.45) is 7.89. The van der Waals surface area contributed by atoms with Crippen LogP contribution in [-0.4, -0.2) is 48.3 Å². The Morgan fingerprint density at radius 3 is 2.80 bits per heavy atom. The van der Waals surface area contributed by atoms with Crippen LogP contribution >= 0.6 is 0 Å². The van der Waals surface area contributed by atoms with Crippen LogP contribution in [0.15, 0.2) is 41.6 Å². The normalized spacial score (nSPS) is 15.5. The van der Waals surface area contributed by atoms with Crippen molar-refractivity contribution in [2.24, 2.45) is 5.14 Å². The van der Waals surface area contributed by atoms with Gasteiger partial charge in [0.2, 0.25) is 5.88 Å². The molecule has 1 aromatic carbocycles. The molecule has 0 amide bonds. The van der Waals surface area contributed by atoms with Gasteiger partial charge in [-0.1, -0.05) is 12.1 Å². The minimum atomic E-state index is -3.81. The third kappa shape index (κ3) is 5.34. The van der Waals surface area contributed by atoms with Gasteiger partial charge in [-0.3, -0.25) is 4.68 Å². The average Bonchev–Trinajstić information content (AvgIpc) is 3.37. The number of nitrogens with zero attached hydrogens (tertiary/aromatic N) is 4. The summed E-state index contributed by atoms with van der Waals surface area (Å²) in [5, 5.41) is 9.44. The van der Waals surface area contributed by atoms with E-state index >= 15 is 0 Å². The molecule has 186 valence electrons. The maximum atomic E-state index is 11.7. The highest BCUT2D eigenvalue weighted by Gasteiger charge is 2.29. The van der Waals surface area contributed by atoms with Gasteiger partial charge < -0.3 is 15.4 Å². The number of pyridine rings is 1. The molecule has 0 aliphatic heterocycles. The maximum absolute atomic E-state index is 11.7. The molecule has 0 bridgehead atoms. The third-order valence-electron chi connectivity index (χ3n) is 6.71. The van der Waals surface area contributed by atoms with Crippen LogP contribution in [0, 0.1) is 0 Å². The lowest BCUT2D eigenvalue weighted by Gasteiger charge is -2.17. The SMILES string of the molecule is CN(CCCOc1cc(-c2ccc3c(c2N)CCC3)ccn1)Cc1cc(S(N)(=O)=O)nn1C1CC1. The van der Waals surface area contributed by atoms with Crippen molar-refractivity contribution >= 4 is 15.7 Å². The molecule has 9 nitrogen and oxygen atoms in total. The molecule has 4 N–H and O–H groups in total. The van der Waals surface area contributed by atoms with Gasteiger partial charge in [0.05, 0.1) is 18.3 Å². The van der Waals surface area contributed by atoms with Crippen molar-refractivity contribution in [3.8, 4) is 17.0 Å². The first-order valence-corrected chi connectivity index (χ1v) is 13.6. The van der Waals surface area contributed by atoms with Gasteiger partial charge in [0, 0.05) is 42.7 Å². The van der Waals surface area contributed by atoms with Gasteiger partial charge in [0.15, 0.2) is 5.03 Å². The van der Waals surface area contributed by atoms with Crippen LogP contribution in [0.5, 0.6) is 5.88 Å². The quantitative estimate of drug-likeness (QED) is 0.326. The molecule has 0 radical (unpaired) electrons. The Balaban J connectivity index is 1.16. The molecule has 1 saturated carbocycles. The predicted molar refractivity (Wildman–Crippen MR) is 134 cm³/mol. The number of sulfonamides is 1. The highest BCUT2D eigenvalue weighted by Crippen LogP contribution is 2.37. The van der Waals surface area contributed by atoms with Gasteiger partial charge in [-0.15, -0.1) is 0 Å². The molecule has 2 aliphatic rings. The Morgan fingerprint density at radius 1 is 1.20 bits per heavy atom. The van der Waals surface area contributed by atoms with E-state index < -0.39 is 10.0 Å². The molecule has 2 heterocycles. The van der Waals surface area contributed by atoms with E-state index in [1.165, 1.54) is 17.5 Å². The van der Waals surface area contributed by atoms with Crippen molar-refractivity contribution in [2.45, 2.75) is 56.1 Å². The van der Waals surface area contributed by atoms with Gasteiger partial charge >= 0.3 is 0 Å². The maximum Gasteiger partial charge on any atom is 0.257 e. The van der Waals surface area contributed by atoms with E-state index in [0.717, 1.165) is 61.2 Å². The number of ether oxygens (including phenoxy) is 1. The van der Waals surface area contributed by atoms with Crippen molar-refractivity contribution in [3.05, 3.63) is 53.3 Å². The Hall–Kier alpha value is -2.95. The van der Waals surface area contributed by atoms with Crippen LogP contribution in [0.4, 0.5) is 5.69 Å². The number of hydrogen-bond acceptors (Lipinski definition) is 7. The molecule has 5 rings (SSSR count). The highest BCUT2D eigenvalue weighted by atomic mass is 32.2. The molecule has 0 unspecified atom stereocenters. The summed E-state index contributed by atoms with van der Waals surface area (Å²) in [5.41, 5.74) is 12.9. The minimum Gasteiger partial charge on any atom is -0.478 e. The third-order valence-corrected chi connectivity index (χ3v) is 7.50. The molecule has 2 aliphatic carbocycles. The van der Waals surface area contributed by atoms with Crippen LogP contribution < -0.4 is 15.6 Å². The smallest absolute Gasteiger partial charge is 0.257 e. The number of anilines is 1. The summed E-state index contributed by atoms with van der Waals surface area (Å²) in [7, 11) is -1.82. The summed E-state index contributed by atoms with van der Waals surface area (Å²) in [6, 6.07) is 10.1. The van der Waals surface area contributed by atoms with E-state index in [1.54, 1.807) is 12.3 Å². The molecular formula is C25H32N6O3S. The molecule has 2 aromatic heterocycles. The van der Waals surface area contributed by atoms with Crippen LogP contribution in [0.2, 0.25) is 0 Å². The first kappa shape index (κ1) is 23.8. The van der Waals surface area contributed by atoms with Gasteiger partial charge in [0.1, 0.15) is 0 Å². The summed E-state index contributed by atoms with van der Waals surface area (Å²) in [4.78, 5) is 6.48. The summed E-state index contributed by atoms with van der Waals surface area (Å²) >= 11 is 0. The van der Waals surface area contributed by atoms with Crippen molar-refractivity contribution in [3.63, 3.8) is 0 Å². The van der Waals surface area contributed by atoms with Crippen LogP contribution in [0.3, 0.4) is 0 Å². The molecule has 0 atom stereocenters. The Kier molecular flexibility index (Phi) is 6.52. The van der Waals surface area contributed by atoms with Crippen molar-refractivity contribution in [1.82, 2.24) is 19.7 Å². The second-order valence-electron chi connectivity index (χ2n) is 9.54. The fourth-order valence-corrected chi connectivity index (χ4v) is 5.27. The summed E-state index contributed by atoms with van der Waals surface area (Å²) in [5.74, 6) is 0.578. The second kappa shape index (κ2) is 9.60. The summed E-state index contributed by atoms with van der Waals surface area (Å²) in [6.45, 7) is 1.88. The number of nitrogen functional groups attached to an aromatic ring is 1. The molecule has 3 aromatic rings. The van der Waals surface area contributed by atoms with E-state index in [-0.39, 0.29) is 11.1 Å². The fraction of sp³-hybridized carbons (Fsp3) is 0.440. The molecule has 0 saturated heterocycles. The predicted octanol–water partition coefficient (Wildman–Crippen LogP) is 2.90. The zero-order valence-electron chi connectivity index (χ0n) is 20.0. The van der Waals surface area contributed by atoms with Gasteiger partial charge in [0.25, 0.3) is 10.0 Å². The molecule has 0 spiro atoms. The largest absolute Gasteiger partial charge is 0.478 e. The molecular weight excluding hydrogens is 464 g/mol. The monoisotopic (exact) mass is 496 g/mol. The van der Waals surface area contributed by atoms with Crippen molar-refractivity contribution in [2.75, 3.05) is 25.9 Å². The number of hydrogen-bond donors (Lipinski definition) is 2. The van der Waals surface area contributed by atoms with E-state index in [9.17, 15) is 8.42 Å². The van der Waals surface area contributed by atoms with Gasteiger partial charge in [-0.05, 0) is 68.3 Å². The second-order valence-corrected chi connectivity index (χ2v) is 11.0. The van der Waals surface area contributed by atoms with Crippen molar-refractivity contribution < 1.29 is 13.2 Å². The zero-order valence-corrected chi connectivity index (χ0v) is 20.8. The number of nitrogens with two attached hydrogens (primary N) is 2. The first-order valence-electron chi connectivity index (χ1n) is 12.1. The lowest BCUT2D eigenvalue weighted by molar-refractivity contribution is 0.249. The lowest BCUT2D eigenvalue weighted by Crippen LogP contribution is -2.22. The standard InChI is InChI=1S/C25H32N6O3S/c1-30(16-20-15-24(35(27,32)33)29-31(20)19-7-8-19)12-3-13-34-23-14-18(10-11-28-23)22-9-6-17-4-2-5-21(17)25(22)26/h6,9-11,14-15,19H,2-5,7-8,12-13,16,26H2,1H3,(H2,27,32,33). The lowest BCUT2D eigenvalue weighted by atomic mass is 9.98. The Labute approximate surface area is 206 Å². The summed E-state index contributed by atoms with van der Waals surface area (Å²) < 4.78 is 31.2. The van der Waals surface area contributed by atoms with Crippen LogP contribution in [0.25, 0.3) is 11.1 Å². The molecule has 1 fully saturated rings. The van der Waals surface area contributed by atoms with E-state index in [0.29, 0.717) is 19.0 Å². The Bertz CT molecular complexity index is 1330. The number of aromatic nitrogens is 3. The van der Waals surface area contributed by atoms with E-state index in [2.05, 4.69) is 27.1 Å². The van der Waals surface area contributed by atoms with Gasteiger partial charge in [-0.25, -0.2) is 18.5 Å². The molecule has 35 heavy (non-hydrogen) atoms. The fourth-order valence-electron chi connectivity index (χ4n) is 4.77. The topological polar surface area (TPSA) is 129 Å².